The first kappa shape index (κ1) is 17.7. The Hall–Kier alpha value is -2.19. The summed E-state index contributed by atoms with van der Waals surface area (Å²) in [7, 11) is 1.57. The molecule has 3 aliphatic rings. The van der Waals surface area contributed by atoms with Crippen molar-refractivity contribution in [3.63, 3.8) is 0 Å². The van der Waals surface area contributed by atoms with Gasteiger partial charge >= 0.3 is 0 Å². The molecule has 5 nitrogen and oxygen atoms in total. The van der Waals surface area contributed by atoms with Crippen molar-refractivity contribution in [3.8, 4) is 0 Å². The minimum atomic E-state index is -0.630. The van der Waals surface area contributed by atoms with Crippen molar-refractivity contribution < 1.29 is 4.74 Å². The lowest BCUT2D eigenvalue weighted by atomic mass is 9.89. The Bertz CT molecular complexity index is 1190. The van der Waals surface area contributed by atoms with E-state index in [1.54, 1.807) is 11.3 Å². The van der Waals surface area contributed by atoms with Crippen LogP contribution in [0.15, 0.2) is 57.4 Å². The number of pyridine rings is 1. The molecule has 3 aromatic rings. The van der Waals surface area contributed by atoms with Gasteiger partial charge < -0.3 is 10.5 Å². The molecule has 0 saturated carbocycles. The van der Waals surface area contributed by atoms with Crippen LogP contribution < -0.4 is 5.73 Å². The number of ether oxygens (including phenoxy) is 1. The number of anilines is 1. The van der Waals surface area contributed by atoms with E-state index in [0.29, 0.717) is 0 Å². The highest BCUT2D eigenvalue weighted by Gasteiger charge is 2.46. The van der Waals surface area contributed by atoms with Gasteiger partial charge in [-0.15, -0.1) is 11.3 Å². The molecule has 29 heavy (non-hydrogen) atoms. The molecule has 1 aromatic carbocycles. The summed E-state index contributed by atoms with van der Waals surface area (Å²) in [6.07, 6.45) is 5.37. The lowest BCUT2D eigenvalue weighted by molar-refractivity contribution is 0.142. The fraction of sp³-hybridized carbons (Fsp3) is 0.273. The summed E-state index contributed by atoms with van der Waals surface area (Å²) in [5.41, 5.74) is 11.2. The zero-order valence-electron chi connectivity index (χ0n) is 16.1. The second kappa shape index (κ2) is 6.40. The van der Waals surface area contributed by atoms with Gasteiger partial charge in [0.05, 0.1) is 17.8 Å². The first-order chi connectivity index (χ1) is 14.2. The molecule has 0 aliphatic carbocycles. The number of benzene rings is 1. The molecule has 1 spiro atoms. The Balaban J connectivity index is 1.46. The molecular formula is C22H22N4OS2. The average molecular weight is 423 g/mol. The Morgan fingerprint density at radius 3 is 3.03 bits per heavy atom. The number of nitrogens with two attached hydrogens (primary N) is 1. The van der Waals surface area contributed by atoms with Gasteiger partial charge in [-0.05, 0) is 49.4 Å². The monoisotopic (exact) mass is 422 g/mol. The minimum absolute atomic E-state index is 0.0192. The number of hydrogen-bond acceptors (Lipinski definition) is 6. The van der Waals surface area contributed by atoms with Crippen LogP contribution in [0.25, 0.3) is 15.8 Å². The number of nitrogen functional groups attached to an aromatic ring is 1. The fourth-order valence-corrected chi connectivity index (χ4v) is 7.93. The Morgan fingerprint density at radius 1 is 1.24 bits per heavy atom. The van der Waals surface area contributed by atoms with E-state index in [4.69, 9.17) is 15.5 Å². The zero-order chi connectivity index (χ0) is 19.6. The Morgan fingerprint density at radius 2 is 2.17 bits per heavy atom. The molecule has 1 fully saturated rings. The van der Waals surface area contributed by atoms with Crippen molar-refractivity contribution in [1.82, 2.24) is 9.88 Å². The Kier molecular flexibility index (Phi) is 3.90. The van der Waals surface area contributed by atoms with Gasteiger partial charge in [-0.25, -0.2) is 9.98 Å². The number of aromatic nitrogens is 1. The summed E-state index contributed by atoms with van der Waals surface area (Å²) in [6, 6.07) is 10.6. The molecule has 1 saturated heterocycles. The number of hydrogen-bond donors (Lipinski definition) is 2. The van der Waals surface area contributed by atoms with Gasteiger partial charge in [0, 0.05) is 50.6 Å². The molecule has 5 heterocycles. The summed E-state index contributed by atoms with van der Waals surface area (Å²) in [6.45, 7) is 2.58. The van der Waals surface area contributed by atoms with Gasteiger partial charge in [0.2, 0.25) is 0 Å². The molecule has 2 atom stereocenters. The third-order valence-corrected chi connectivity index (χ3v) is 9.54. The smallest absolute Gasteiger partial charge is 0.124 e. The predicted molar refractivity (Wildman–Crippen MR) is 123 cm³/mol. The topological polar surface area (TPSA) is 63.7 Å². The highest BCUT2D eigenvalue weighted by Crippen LogP contribution is 2.55. The molecule has 7 heteroatoms. The fourth-order valence-electron chi connectivity index (χ4n) is 4.69. The standard InChI is InChI=1S/C22H22N4OS2/c1-26-8-5-16(22(26)6-9-27-12-22)18-11-15-19(4-7-24-21(15)28-18)29-13-25-17-10-14(23)2-3-20(17)29/h2-5,7,10-11,13,29H,6,8-9,12,23H2,1H3. The normalized spacial score (nSPS) is 27.2. The lowest BCUT2D eigenvalue weighted by Crippen LogP contribution is -2.43. The maximum atomic E-state index is 5.95. The van der Waals surface area contributed by atoms with Gasteiger partial charge in [0.1, 0.15) is 4.83 Å². The van der Waals surface area contributed by atoms with Crippen molar-refractivity contribution >= 4 is 54.9 Å². The number of likely N-dealkylation sites (N-methyl/N-ethyl adjacent to an activating group) is 1. The van der Waals surface area contributed by atoms with E-state index in [-0.39, 0.29) is 5.54 Å². The van der Waals surface area contributed by atoms with E-state index in [1.165, 1.54) is 25.6 Å². The van der Waals surface area contributed by atoms with Gasteiger partial charge in [-0.1, -0.05) is 6.08 Å². The average Bonchev–Trinajstić information content (AvgIpc) is 3.49. The maximum absolute atomic E-state index is 5.95. The van der Waals surface area contributed by atoms with E-state index in [0.717, 1.165) is 42.4 Å². The van der Waals surface area contributed by atoms with E-state index in [2.05, 4.69) is 46.8 Å². The van der Waals surface area contributed by atoms with Crippen LogP contribution in [0.1, 0.15) is 11.3 Å². The van der Waals surface area contributed by atoms with Crippen LogP contribution in [0.4, 0.5) is 11.4 Å². The molecule has 6 rings (SSSR count). The van der Waals surface area contributed by atoms with Crippen molar-refractivity contribution in [2.45, 2.75) is 21.8 Å². The molecule has 0 amide bonds. The lowest BCUT2D eigenvalue weighted by Gasteiger charge is -2.33. The quantitative estimate of drug-likeness (QED) is 0.473. The summed E-state index contributed by atoms with van der Waals surface area (Å²) in [4.78, 5) is 16.8. The second-order valence-electron chi connectivity index (χ2n) is 7.85. The van der Waals surface area contributed by atoms with E-state index >= 15 is 0 Å². The third kappa shape index (κ3) is 2.55. The van der Waals surface area contributed by atoms with Crippen molar-refractivity contribution in [1.29, 1.82) is 0 Å². The van der Waals surface area contributed by atoms with E-state index in [9.17, 15) is 0 Å². The van der Waals surface area contributed by atoms with Gasteiger partial charge in [0.15, 0.2) is 0 Å². The van der Waals surface area contributed by atoms with Crippen LogP contribution in [0.3, 0.4) is 0 Å². The van der Waals surface area contributed by atoms with Crippen molar-refractivity contribution in [2.75, 3.05) is 32.5 Å². The van der Waals surface area contributed by atoms with E-state index in [1.807, 2.05) is 18.3 Å². The number of nitrogens with zero attached hydrogens (tertiary/aromatic N) is 3. The van der Waals surface area contributed by atoms with Crippen LogP contribution in [0, 0.1) is 0 Å². The highest BCUT2D eigenvalue weighted by molar-refractivity contribution is 8.29. The number of thiol groups is 1. The summed E-state index contributed by atoms with van der Waals surface area (Å²) < 4.78 is 5.81. The number of fused-ring (bicyclic) bond motifs is 2. The van der Waals surface area contributed by atoms with Crippen LogP contribution in [0.5, 0.6) is 0 Å². The first-order valence-electron chi connectivity index (χ1n) is 9.77. The molecular weight excluding hydrogens is 400 g/mol. The SMILES string of the molecule is CN1CC=C(c2cc3c([SH]4C=Nc5cc(N)ccc54)ccnc3s2)C12CCOC2. The predicted octanol–water partition coefficient (Wildman–Crippen LogP) is 4.46. The number of aliphatic imine (C=N–C) groups is 1. The van der Waals surface area contributed by atoms with Crippen LogP contribution in [-0.2, 0) is 4.74 Å². The summed E-state index contributed by atoms with van der Waals surface area (Å²) >= 11 is 1.80. The molecule has 0 bridgehead atoms. The van der Waals surface area contributed by atoms with Crippen molar-refractivity contribution in [3.05, 3.63) is 47.5 Å². The molecule has 3 aliphatic heterocycles. The molecule has 2 N–H and O–H groups in total. The summed E-state index contributed by atoms with van der Waals surface area (Å²) in [5, 5.41) is 1.25. The van der Waals surface area contributed by atoms with Crippen LogP contribution >= 0.6 is 22.2 Å². The van der Waals surface area contributed by atoms with Gasteiger partial charge in [0.25, 0.3) is 0 Å². The minimum Gasteiger partial charge on any atom is -0.399 e. The van der Waals surface area contributed by atoms with Crippen LogP contribution in [-0.4, -0.2) is 47.8 Å². The highest BCUT2D eigenvalue weighted by atomic mass is 32.2. The maximum Gasteiger partial charge on any atom is 0.124 e. The number of thiophene rings is 1. The molecule has 148 valence electrons. The first-order valence-corrected chi connectivity index (χ1v) is 12.0. The van der Waals surface area contributed by atoms with Crippen LogP contribution in [0.2, 0.25) is 0 Å². The molecule has 2 unspecified atom stereocenters. The molecule has 0 radical (unpaired) electrons. The second-order valence-corrected chi connectivity index (χ2v) is 10.8. The summed E-state index contributed by atoms with van der Waals surface area (Å²) in [5.74, 6) is 0. The third-order valence-electron chi connectivity index (χ3n) is 6.31. The number of rotatable bonds is 2. The van der Waals surface area contributed by atoms with Gasteiger partial charge in [-0.2, -0.15) is 10.9 Å². The Labute approximate surface area is 176 Å². The largest absolute Gasteiger partial charge is 0.399 e. The molecule has 2 aromatic heterocycles. The van der Waals surface area contributed by atoms with Gasteiger partial charge in [-0.3, -0.25) is 4.90 Å². The van der Waals surface area contributed by atoms with Crippen molar-refractivity contribution in [2.24, 2.45) is 4.99 Å². The van der Waals surface area contributed by atoms with E-state index < -0.39 is 10.9 Å². The zero-order valence-corrected chi connectivity index (χ0v) is 17.8.